The quantitative estimate of drug-likeness (QED) is 0.856. The molecule has 0 radical (unpaired) electrons. The number of primary amides is 1. The van der Waals surface area contributed by atoms with Crippen LogP contribution in [0.1, 0.15) is 35.3 Å². The van der Waals surface area contributed by atoms with Crippen LogP contribution in [-0.2, 0) is 13.0 Å². The lowest BCUT2D eigenvalue weighted by Crippen LogP contribution is -2.40. The largest absolute Gasteiger partial charge is 0.366 e. The van der Waals surface area contributed by atoms with Gasteiger partial charge in [0.15, 0.2) is 0 Å². The number of hydrogen-bond donors (Lipinski definition) is 2. The van der Waals surface area contributed by atoms with Gasteiger partial charge in [-0.1, -0.05) is 41.9 Å². The summed E-state index contributed by atoms with van der Waals surface area (Å²) in [6, 6.07) is 15.2. The van der Waals surface area contributed by atoms with Crippen LogP contribution in [0.2, 0.25) is 5.02 Å². The van der Waals surface area contributed by atoms with Crippen LogP contribution in [0.5, 0.6) is 0 Å². The molecule has 0 aliphatic heterocycles. The number of benzene rings is 2. The second-order valence-electron chi connectivity index (χ2n) is 6.07. The van der Waals surface area contributed by atoms with Crippen molar-refractivity contribution in [3.05, 3.63) is 70.2 Å². The Morgan fingerprint density at radius 3 is 2.59 bits per heavy atom. The fraction of sp³-hybridized carbons (Fsp3) is 0.278. The second kappa shape index (κ2) is 6.95. The molecule has 0 unspecified atom stereocenters. The maximum Gasteiger partial charge on any atom is 0.248 e. The molecule has 0 saturated carbocycles. The summed E-state index contributed by atoms with van der Waals surface area (Å²) in [5.41, 5.74) is 7.87. The molecule has 4 heteroatoms. The van der Waals surface area contributed by atoms with Crippen LogP contribution in [0.4, 0.5) is 0 Å². The zero-order valence-corrected chi connectivity index (χ0v) is 13.7. The summed E-state index contributed by atoms with van der Waals surface area (Å²) in [4.78, 5) is 11.2. The molecule has 0 aromatic heterocycles. The van der Waals surface area contributed by atoms with Crippen molar-refractivity contribution in [1.82, 2.24) is 5.32 Å². The lowest BCUT2D eigenvalue weighted by Gasteiger charge is -2.27. The van der Waals surface area contributed by atoms with Gasteiger partial charge in [0.25, 0.3) is 0 Å². The Hall–Kier alpha value is -1.84. The summed E-state index contributed by atoms with van der Waals surface area (Å²) < 4.78 is 0. The topological polar surface area (TPSA) is 55.1 Å². The van der Waals surface area contributed by atoms with Gasteiger partial charge >= 0.3 is 0 Å². The Morgan fingerprint density at radius 2 is 1.91 bits per heavy atom. The SMILES string of the molecule is CC(C)(Cc1ccccc1Cl)NCc1cccc(C(N)=O)c1. The van der Waals surface area contributed by atoms with E-state index in [9.17, 15) is 4.79 Å². The van der Waals surface area contributed by atoms with Gasteiger partial charge in [-0.05, 0) is 49.6 Å². The second-order valence-corrected chi connectivity index (χ2v) is 6.48. The number of amides is 1. The van der Waals surface area contributed by atoms with Crippen LogP contribution < -0.4 is 11.1 Å². The molecule has 116 valence electrons. The van der Waals surface area contributed by atoms with Crippen LogP contribution in [0, 0.1) is 0 Å². The molecule has 2 rings (SSSR count). The standard InChI is InChI=1S/C18H21ClN2O/c1-18(2,11-15-7-3-4-9-16(15)19)21-12-13-6-5-8-14(10-13)17(20)22/h3-10,21H,11-12H2,1-2H3,(H2,20,22). The van der Waals surface area contributed by atoms with Gasteiger partial charge < -0.3 is 11.1 Å². The van der Waals surface area contributed by atoms with Gasteiger partial charge in [-0.15, -0.1) is 0 Å². The molecule has 1 amide bonds. The third-order valence-electron chi connectivity index (χ3n) is 3.57. The maximum absolute atomic E-state index is 11.2. The zero-order chi connectivity index (χ0) is 16.2. The summed E-state index contributed by atoms with van der Waals surface area (Å²) in [7, 11) is 0. The van der Waals surface area contributed by atoms with Crippen LogP contribution in [-0.4, -0.2) is 11.4 Å². The minimum Gasteiger partial charge on any atom is -0.366 e. The lowest BCUT2D eigenvalue weighted by molar-refractivity contribution is 0.1000. The van der Waals surface area contributed by atoms with E-state index in [4.69, 9.17) is 17.3 Å². The Bertz CT molecular complexity index is 668. The summed E-state index contributed by atoms with van der Waals surface area (Å²) in [5, 5.41) is 4.29. The van der Waals surface area contributed by atoms with Gasteiger partial charge in [-0.3, -0.25) is 4.79 Å². The highest BCUT2D eigenvalue weighted by Crippen LogP contribution is 2.21. The van der Waals surface area contributed by atoms with E-state index < -0.39 is 5.91 Å². The minimum atomic E-state index is -0.405. The first-order valence-electron chi connectivity index (χ1n) is 7.24. The molecule has 2 aromatic carbocycles. The molecule has 0 fully saturated rings. The molecule has 0 heterocycles. The van der Waals surface area contributed by atoms with E-state index in [0.717, 1.165) is 22.6 Å². The molecular weight excluding hydrogens is 296 g/mol. The molecule has 0 bridgehead atoms. The van der Waals surface area contributed by atoms with E-state index in [-0.39, 0.29) is 5.54 Å². The van der Waals surface area contributed by atoms with E-state index in [2.05, 4.69) is 19.2 Å². The molecular formula is C18H21ClN2O. The molecule has 2 aromatic rings. The van der Waals surface area contributed by atoms with E-state index in [0.29, 0.717) is 12.1 Å². The highest BCUT2D eigenvalue weighted by molar-refractivity contribution is 6.31. The number of hydrogen-bond acceptors (Lipinski definition) is 2. The molecule has 22 heavy (non-hydrogen) atoms. The average Bonchev–Trinajstić information content (AvgIpc) is 2.48. The van der Waals surface area contributed by atoms with Crippen molar-refractivity contribution in [2.24, 2.45) is 5.73 Å². The summed E-state index contributed by atoms with van der Waals surface area (Å²) >= 11 is 6.22. The van der Waals surface area contributed by atoms with Gasteiger partial charge in [-0.2, -0.15) is 0 Å². The zero-order valence-electron chi connectivity index (χ0n) is 12.9. The molecule has 0 aliphatic carbocycles. The Morgan fingerprint density at radius 1 is 1.18 bits per heavy atom. The number of carbonyl (C=O) groups is 1. The third kappa shape index (κ3) is 4.58. The van der Waals surface area contributed by atoms with Crippen molar-refractivity contribution in [2.45, 2.75) is 32.4 Å². The first kappa shape index (κ1) is 16.5. The predicted molar refractivity (Wildman–Crippen MR) is 91.0 cm³/mol. The molecule has 3 N–H and O–H groups in total. The van der Waals surface area contributed by atoms with Gasteiger partial charge in [0.05, 0.1) is 0 Å². The van der Waals surface area contributed by atoms with E-state index >= 15 is 0 Å². The Kier molecular flexibility index (Phi) is 5.22. The van der Waals surface area contributed by atoms with E-state index in [1.54, 1.807) is 6.07 Å². The molecule has 0 aliphatic rings. The van der Waals surface area contributed by atoms with Gasteiger partial charge in [-0.25, -0.2) is 0 Å². The summed E-state index contributed by atoms with van der Waals surface area (Å²) in [6.07, 6.45) is 0.822. The van der Waals surface area contributed by atoms with Crippen LogP contribution in [0.15, 0.2) is 48.5 Å². The molecule has 3 nitrogen and oxygen atoms in total. The van der Waals surface area contributed by atoms with Crippen LogP contribution in [0.3, 0.4) is 0 Å². The summed E-state index contributed by atoms with van der Waals surface area (Å²) in [6.45, 7) is 4.93. The predicted octanol–water partition coefficient (Wildman–Crippen LogP) is 3.55. The number of rotatable bonds is 6. The normalized spacial score (nSPS) is 11.4. The van der Waals surface area contributed by atoms with Crippen LogP contribution >= 0.6 is 11.6 Å². The first-order valence-corrected chi connectivity index (χ1v) is 7.62. The number of carbonyl (C=O) groups excluding carboxylic acids is 1. The Labute approximate surface area is 136 Å². The Balaban J connectivity index is 2.02. The fourth-order valence-electron chi connectivity index (χ4n) is 2.36. The number of halogens is 1. The van der Waals surface area contributed by atoms with Crippen LogP contribution in [0.25, 0.3) is 0 Å². The summed E-state index contributed by atoms with van der Waals surface area (Å²) in [5.74, 6) is -0.405. The van der Waals surface area contributed by atoms with Crippen molar-refractivity contribution >= 4 is 17.5 Å². The molecule has 0 saturated heterocycles. The highest BCUT2D eigenvalue weighted by Gasteiger charge is 2.19. The van der Waals surface area contributed by atoms with E-state index in [1.165, 1.54) is 0 Å². The first-order chi connectivity index (χ1) is 10.4. The number of nitrogens with one attached hydrogen (secondary N) is 1. The fourth-order valence-corrected chi connectivity index (χ4v) is 2.56. The van der Waals surface area contributed by atoms with Gasteiger partial charge in [0.2, 0.25) is 5.91 Å². The van der Waals surface area contributed by atoms with Crippen molar-refractivity contribution in [2.75, 3.05) is 0 Å². The average molecular weight is 317 g/mol. The van der Waals surface area contributed by atoms with Crippen molar-refractivity contribution in [1.29, 1.82) is 0 Å². The third-order valence-corrected chi connectivity index (χ3v) is 3.94. The van der Waals surface area contributed by atoms with Crippen molar-refractivity contribution in [3.63, 3.8) is 0 Å². The van der Waals surface area contributed by atoms with Crippen molar-refractivity contribution in [3.8, 4) is 0 Å². The minimum absolute atomic E-state index is 0.117. The lowest BCUT2D eigenvalue weighted by atomic mass is 9.94. The maximum atomic E-state index is 11.2. The smallest absolute Gasteiger partial charge is 0.248 e. The van der Waals surface area contributed by atoms with Crippen molar-refractivity contribution < 1.29 is 4.79 Å². The highest BCUT2D eigenvalue weighted by atomic mass is 35.5. The van der Waals surface area contributed by atoms with Gasteiger partial charge in [0.1, 0.15) is 0 Å². The number of nitrogens with two attached hydrogens (primary N) is 1. The molecule has 0 spiro atoms. The van der Waals surface area contributed by atoms with E-state index in [1.807, 2.05) is 42.5 Å². The monoisotopic (exact) mass is 316 g/mol. The molecule has 0 atom stereocenters. The van der Waals surface area contributed by atoms with Gasteiger partial charge in [0, 0.05) is 22.7 Å².